The van der Waals surface area contributed by atoms with Crippen molar-refractivity contribution in [3.63, 3.8) is 0 Å². The normalized spacial score (nSPS) is 10.8. The molecule has 0 fully saturated rings. The zero-order valence-corrected chi connectivity index (χ0v) is 19.9. The van der Waals surface area contributed by atoms with Gasteiger partial charge >= 0.3 is 5.97 Å². The van der Waals surface area contributed by atoms with E-state index in [-0.39, 0.29) is 17.4 Å². The molecule has 9 heteroatoms. The molecule has 0 unspecified atom stereocenters. The third-order valence-corrected chi connectivity index (χ3v) is 5.42. The summed E-state index contributed by atoms with van der Waals surface area (Å²) < 4.78 is 11.6. The number of benzene rings is 3. The Labute approximate surface area is 203 Å². The van der Waals surface area contributed by atoms with Gasteiger partial charge in [0.2, 0.25) is 0 Å². The molecule has 0 aliphatic heterocycles. The molecule has 0 spiro atoms. The van der Waals surface area contributed by atoms with E-state index in [1.165, 1.54) is 6.21 Å². The quantitative estimate of drug-likeness (QED) is 0.179. The van der Waals surface area contributed by atoms with E-state index in [1.54, 1.807) is 48.5 Å². The molecule has 0 saturated heterocycles. The zero-order valence-electron chi connectivity index (χ0n) is 16.8. The summed E-state index contributed by atoms with van der Waals surface area (Å²) in [6.07, 6.45) is 1.37. The lowest BCUT2D eigenvalue weighted by Gasteiger charge is -2.09. The summed E-state index contributed by atoms with van der Waals surface area (Å²) in [5.41, 5.74) is 4.29. The SMILES string of the molecule is Cc1ccc(C(=O)Oc2ccc(Br)cc2/C=N\NC(=O)COc2cccc(Cl)c2Cl)cc1. The number of ether oxygens (including phenoxy) is 2. The van der Waals surface area contributed by atoms with Gasteiger partial charge in [0.05, 0.1) is 16.8 Å². The minimum Gasteiger partial charge on any atom is -0.482 e. The summed E-state index contributed by atoms with van der Waals surface area (Å²) in [6, 6.07) is 17.0. The second-order valence-corrected chi connectivity index (χ2v) is 8.27. The predicted octanol–water partition coefficient (Wildman–Crippen LogP) is 5.81. The third kappa shape index (κ3) is 6.56. The van der Waals surface area contributed by atoms with Crippen LogP contribution in [0.2, 0.25) is 10.0 Å². The van der Waals surface area contributed by atoms with E-state index in [2.05, 4.69) is 26.5 Å². The lowest BCUT2D eigenvalue weighted by atomic mass is 10.1. The highest BCUT2D eigenvalue weighted by atomic mass is 79.9. The number of carbonyl (C=O) groups is 2. The average molecular weight is 536 g/mol. The Kier molecular flexibility index (Phi) is 8.27. The fraction of sp³-hybridized carbons (Fsp3) is 0.0870. The van der Waals surface area contributed by atoms with E-state index in [4.69, 9.17) is 32.7 Å². The van der Waals surface area contributed by atoms with Crippen LogP contribution in [0.5, 0.6) is 11.5 Å². The second-order valence-electron chi connectivity index (χ2n) is 6.57. The highest BCUT2D eigenvalue weighted by Crippen LogP contribution is 2.31. The van der Waals surface area contributed by atoms with Crippen LogP contribution in [-0.2, 0) is 4.79 Å². The average Bonchev–Trinajstić information content (AvgIpc) is 2.77. The van der Waals surface area contributed by atoms with Crippen LogP contribution in [0.25, 0.3) is 0 Å². The van der Waals surface area contributed by atoms with E-state index in [0.717, 1.165) is 10.0 Å². The smallest absolute Gasteiger partial charge is 0.343 e. The number of nitrogens with one attached hydrogen (secondary N) is 1. The first-order chi connectivity index (χ1) is 15.3. The van der Waals surface area contributed by atoms with Crippen LogP contribution in [0, 0.1) is 6.92 Å². The van der Waals surface area contributed by atoms with Crippen molar-refractivity contribution in [2.24, 2.45) is 5.10 Å². The van der Waals surface area contributed by atoms with E-state index < -0.39 is 11.9 Å². The van der Waals surface area contributed by atoms with Gasteiger partial charge in [-0.15, -0.1) is 0 Å². The summed E-state index contributed by atoms with van der Waals surface area (Å²) in [7, 11) is 0. The molecule has 1 amide bonds. The van der Waals surface area contributed by atoms with E-state index in [9.17, 15) is 9.59 Å². The number of carbonyl (C=O) groups excluding carboxylic acids is 2. The molecule has 3 aromatic rings. The number of hydrogen-bond acceptors (Lipinski definition) is 5. The molecule has 3 aromatic carbocycles. The van der Waals surface area contributed by atoms with E-state index in [1.807, 2.05) is 19.1 Å². The van der Waals surface area contributed by atoms with Gasteiger partial charge < -0.3 is 9.47 Å². The van der Waals surface area contributed by atoms with Gasteiger partial charge in [0.25, 0.3) is 5.91 Å². The van der Waals surface area contributed by atoms with Crippen molar-refractivity contribution in [2.45, 2.75) is 6.92 Å². The molecule has 0 bridgehead atoms. The van der Waals surface area contributed by atoms with Crippen molar-refractivity contribution in [1.29, 1.82) is 0 Å². The monoisotopic (exact) mass is 534 g/mol. The summed E-state index contributed by atoms with van der Waals surface area (Å²) in [5, 5.41) is 4.46. The Hall–Kier alpha value is -2.87. The Morgan fingerprint density at radius 3 is 2.56 bits per heavy atom. The minimum atomic E-state index is -0.509. The summed E-state index contributed by atoms with van der Waals surface area (Å²) >= 11 is 15.3. The van der Waals surface area contributed by atoms with Crippen molar-refractivity contribution >= 4 is 57.2 Å². The number of hydrazone groups is 1. The van der Waals surface area contributed by atoms with Gasteiger partial charge in [0.15, 0.2) is 6.61 Å². The zero-order chi connectivity index (χ0) is 23.1. The topological polar surface area (TPSA) is 77.0 Å². The number of hydrogen-bond donors (Lipinski definition) is 1. The Morgan fingerprint density at radius 2 is 1.81 bits per heavy atom. The number of amides is 1. The molecular formula is C23H17BrCl2N2O4. The minimum absolute atomic E-state index is 0.222. The fourth-order valence-corrected chi connectivity index (χ4v) is 3.23. The van der Waals surface area contributed by atoms with Gasteiger partial charge in [-0.2, -0.15) is 5.10 Å². The number of rotatable bonds is 7. The molecule has 164 valence electrons. The Balaban J connectivity index is 1.63. The van der Waals surface area contributed by atoms with Crippen molar-refractivity contribution in [3.05, 3.63) is 91.9 Å². The van der Waals surface area contributed by atoms with Crippen molar-refractivity contribution in [3.8, 4) is 11.5 Å². The van der Waals surface area contributed by atoms with Gasteiger partial charge in [-0.05, 0) is 49.4 Å². The van der Waals surface area contributed by atoms with Crippen molar-refractivity contribution in [2.75, 3.05) is 6.61 Å². The number of nitrogens with zero attached hydrogens (tertiary/aromatic N) is 1. The van der Waals surface area contributed by atoms with E-state index in [0.29, 0.717) is 21.9 Å². The molecule has 0 aromatic heterocycles. The summed E-state index contributed by atoms with van der Waals surface area (Å²) in [5.74, 6) is -0.433. The molecule has 0 aliphatic rings. The van der Waals surface area contributed by atoms with Gasteiger partial charge in [-0.3, -0.25) is 4.79 Å². The molecule has 0 aliphatic carbocycles. The summed E-state index contributed by atoms with van der Waals surface area (Å²) in [6.45, 7) is 1.62. The van der Waals surface area contributed by atoms with Gasteiger partial charge in [-0.25, -0.2) is 10.2 Å². The number of halogens is 3. The highest BCUT2D eigenvalue weighted by Gasteiger charge is 2.12. The predicted molar refractivity (Wildman–Crippen MR) is 128 cm³/mol. The standard InChI is InChI=1S/C23H17BrCl2N2O4/c1-14-5-7-15(8-6-14)23(30)32-19-10-9-17(24)11-16(19)12-27-28-21(29)13-31-20-4-2-3-18(25)22(20)26/h2-12H,13H2,1H3,(H,28,29)/b27-12-. The number of esters is 1. The maximum Gasteiger partial charge on any atom is 0.343 e. The maximum atomic E-state index is 12.4. The molecule has 0 saturated carbocycles. The lowest BCUT2D eigenvalue weighted by molar-refractivity contribution is -0.123. The molecule has 6 nitrogen and oxygen atoms in total. The molecule has 3 rings (SSSR count). The third-order valence-electron chi connectivity index (χ3n) is 4.13. The van der Waals surface area contributed by atoms with Crippen LogP contribution in [-0.4, -0.2) is 24.7 Å². The van der Waals surface area contributed by atoms with E-state index >= 15 is 0 Å². The van der Waals surface area contributed by atoms with Crippen LogP contribution < -0.4 is 14.9 Å². The Morgan fingerprint density at radius 1 is 1.06 bits per heavy atom. The van der Waals surface area contributed by atoms with Gasteiger partial charge in [0.1, 0.15) is 16.5 Å². The molecule has 0 radical (unpaired) electrons. The van der Waals surface area contributed by atoms with Crippen molar-refractivity contribution < 1.29 is 19.1 Å². The van der Waals surface area contributed by atoms with Gasteiger partial charge in [0, 0.05) is 10.0 Å². The molecular weight excluding hydrogens is 519 g/mol. The summed E-state index contributed by atoms with van der Waals surface area (Å²) in [4.78, 5) is 24.5. The van der Waals surface area contributed by atoms with Crippen LogP contribution in [0.3, 0.4) is 0 Å². The lowest BCUT2D eigenvalue weighted by Crippen LogP contribution is -2.24. The highest BCUT2D eigenvalue weighted by molar-refractivity contribution is 9.10. The first-order valence-electron chi connectivity index (χ1n) is 9.30. The first-order valence-corrected chi connectivity index (χ1v) is 10.9. The van der Waals surface area contributed by atoms with Crippen molar-refractivity contribution in [1.82, 2.24) is 5.43 Å². The van der Waals surface area contributed by atoms with Gasteiger partial charge in [-0.1, -0.05) is 62.9 Å². The largest absolute Gasteiger partial charge is 0.482 e. The number of aryl methyl sites for hydroxylation is 1. The molecule has 1 N–H and O–H groups in total. The molecule has 0 heterocycles. The fourth-order valence-electron chi connectivity index (χ4n) is 2.51. The Bertz CT molecular complexity index is 1170. The first kappa shape index (κ1) is 23.8. The molecule has 32 heavy (non-hydrogen) atoms. The maximum absolute atomic E-state index is 12.4. The van der Waals surface area contributed by atoms with Crippen LogP contribution >= 0.6 is 39.1 Å². The second kappa shape index (κ2) is 11.1. The molecule has 0 atom stereocenters. The van der Waals surface area contributed by atoms with Crippen LogP contribution in [0.15, 0.2) is 70.2 Å². The van der Waals surface area contributed by atoms with Crippen LogP contribution in [0.4, 0.5) is 0 Å². The van der Waals surface area contributed by atoms with Crippen LogP contribution in [0.1, 0.15) is 21.5 Å².